The van der Waals surface area contributed by atoms with Crippen LogP contribution in [0.4, 0.5) is 0 Å². The van der Waals surface area contributed by atoms with Crippen LogP contribution < -0.4 is 5.32 Å². The Kier molecular flexibility index (Phi) is 6.93. The molecule has 0 bridgehead atoms. The topological polar surface area (TPSA) is 44.8 Å². The first-order valence-electron chi connectivity index (χ1n) is 8.46. The Morgan fingerprint density at radius 3 is 2.48 bits per heavy atom. The SMILES string of the molecule is CC(C)NCCC(=O)N1CCC(CN2CCOCC2)CC1. The number of carbonyl (C=O) groups is 1. The van der Waals surface area contributed by atoms with Gasteiger partial charge in [-0.1, -0.05) is 13.8 Å². The van der Waals surface area contributed by atoms with Gasteiger partial charge in [0.1, 0.15) is 0 Å². The number of hydrogen-bond donors (Lipinski definition) is 1. The Morgan fingerprint density at radius 2 is 1.86 bits per heavy atom. The summed E-state index contributed by atoms with van der Waals surface area (Å²) in [7, 11) is 0. The molecule has 2 rings (SSSR count). The van der Waals surface area contributed by atoms with Gasteiger partial charge in [0.25, 0.3) is 0 Å². The molecule has 0 unspecified atom stereocenters. The summed E-state index contributed by atoms with van der Waals surface area (Å²) >= 11 is 0. The minimum absolute atomic E-state index is 0.313. The maximum absolute atomic E-state index is 12.1. The summed E-state index contributed by atoms with van der Waals surface area (Å²) in [6.07, 6.45) is 2.94. The first kappa shape index (κ1) is 16.7. The molecule has 0 saturated carbocycles. The largest absolute Gasteiger partial charge is 0.379 e. The average Bonchev–Trinajstić information content (AvgIpc) is 2.48. The van der Waals surface area contributed by atoms with E-state index in [0.29, 0.717) is 18.4 Å². The summed E-state index contributed by atoms with van der Waals surface area (Å²) in [6.45, 7) is 12.0. The molecule has 21 heavy (non-hydrogen) atoms. The van der Waals surface area contributed by atoms with Crippen molar-refractivity contribution in [2.45, 2.75) is 39.2 Å². The fourth-order valence-electron chi connectivity index (χ4n) is 3.14. The highest BCUT2D eigenvalue weighted by Gasteiger charge is 2.24. The van der Waals surface area contributed by atoms with Gasteiger partial charge in [-0.2, -0.15) is 0 Å². The van der Waals surface area contributed by atoms with Crippen LogP contribution in [0.2, 0.25) is 0 Å². The van der Waals surface area contributed by atoms with Crippen molar-refractivity contribution in [2.24, 2.45) is 5.92 Å². The van der Waals surface area contributed by atoms with Crippen molar-refractivity contribution in [3.63, 3.8) is 0 Å². The summed E-state index contributed by atoms with van der Waals surface area (Å²) in [4.78, 5) is 16.7. The zero-order valence-corrected chi connectivity index (χ0v) is 13.6. The third-order valence-corrected chi connectivity index (χ3v) is 4.48. The van der Waals surface area contributed by atoms with Crippen LogP contribution in [0.3, 0.4) is 0 Å². The fourth-order valence-corrected chi connectivity index (χ4v) is 3.14. The van der Waals surface area contributed by atoms with Gasteiger partial charge in [0.15, 0.2) is 0 Å². The Labute approximate surface area is 129 Å². The molecule has 2 fully saturated rings. The summed E-state index contributed by atoms with van der Waals surface area (Å²) in [5, 5.41) is 3.31. The summed E-state index contributed by atoms with van der Waals surface area (Å²) in [6, 6.07) is 0.456. The third kappa shape index (κ3) is 5.93. The smallest absolute Gasteiger partial charge is 0.223 e. The lowest BCUT2D eigenvalue weighted by molar-refractivity contribution is -0.132. The van der Waals surface area contributed by atoms with Crippen LogP contribution in [0.5, 0.6) is 0 Å². The molecule has 0 atom stereocenters. The predicted molar refractivity (Wildman–Crippen MR) is 84.3 cm³/mol. The first-order chi connectivity index (χ1) is 10.1. The van der Waals surface area contributed by atoms with Crippen molar-refractivity contribution >= 4 is 5.91 Å². The number of rotatable bonds is 6. The molecule has 0 aromatic rings. The highest BCUT2D eigenvalue weighted by atomic mass is 16.5. The molecule has 2 aliphatic rings. The molecule has 0 aromatic heterocycles. The van der Waals surface area contributed by atoms with Crippen molar-refractivity contribution in [1.82, 2.24) is 15.1 Å². The highest BCUT2D eigenvalue weighted by molar-refractivity contribution is 5.76. The van der Waals surface area contributed by atoms with Crippen molar-refractivity contribution in [1.29, 1.82) is 0 Å². The van der Waals surface area contributed by atoms with Crippen LogP contribution in [0.15, 0.2) is 0 Å². The van der Waals surface area contributed by atoms with Gasteiger partial charge in [-0.15, -0.1) is 0 Å². The van der Waals surface area contributed by atoms with Crippen LogP contribution in [-0.2, 0) is 9.53 Å². The molecule has 0 spiro atoms. The van der Waals surface area contributed by atoms with E-state index in [0.717, 1.165) is 64.7 Å². The Hall–Kier alpha value is -0.650. The molecule has 2 heterocycles. The van der Waals surface area contributed by atoms with Gasteiger partial charge in [0.05, 0.1) is 13.2 Å². The van der Waals surface area contributed by atoms with E-state index in [-0.39, 0.29) is 0 Å². The summed E-state index contributed by atoms with van der Waals surface area (Å²) < 4.78 is 5.39. The number of carbonyl (C=O) groups excluding carboxylic acids is 1. The number of hydrogen-bond acceptors (Lipinski definition) is 4. The maximum Gasteiger partial charge on any atom is 0.223 e. The van der Waals surface area contributed by atoms with Crippen LogP contribution in [0.1, 0.15) is 33.1 Å². The predicted octanol–water partition coefficient (Wildman–Crippen LogP) is 0.945. The van der Waals surface area contributed by atoms with Gasteiger partial charge in [-0.3, -0.25) is 9.69 Å². The quantitative estimate of drug-likeness (QED) is 0.793. The summed E-state index contributed by atoms with van der Waals surface area (Å²) in [5.74, 6) is 1.06. The lowest BCUT2D eigenvalue weighted by atomic mass is 9.96. The number of piperidine rings is 1. The van der Waals surface area contributed by atoms with Crippen molar-refractivity contribution < 1.29 is 9.53 Å². The number of nitrogens with one attached hydrogen (secondary N) is 1. The molecule has 122 valence electrons. The minimum atomic E-state index is 0.313. The van der Waals surface area contributed by atoms with E-state index < -0.39 is 0 Å². The fraction of sp³-hybridized carbons (Fsp3) is 0.938. The number of amides is 1. The van der Waals surface area contributed by atoms with Crippen molar-refractivity contribution in [3.8, 4) is 0 Å². The van der Waals surface area contributed by atoms with E-state index in [4.69, 9.17) is 4.74 Å². The standard InChI is InChI=1S/C16H31N3O2/c1-14(2)17-6-3-16(20)19-7-4-15(5-8-19)13-18-9-11-21-12-10-18/h14-15,17H,3-13H2,1-2H3. The minimum Gasteiger partial charge on any atom is -0.379 e. The van der Waals surface area contributed by atoms with Crippen LogP contribution in [-0.4, -0.2) is 74.2 Å². The zero-order chi connectivity index (χ0) is 15.1. The second kappa shape index (κ2) is 8.71. The van der Waals surface area contributed by atoms with Crippen LogP contribution in [0.25, 0.3) is 0 Å². The molecule has 1 amide bonds. The Morgan fingerprint density at radius 1 is 1.19 bits per heavy atom. The molecule has 0 aromatic carbocycles. The van der Waals surface area contributed by atoms with E-state index in [1.54, 1.807) is 0 Å². The number of ether oxygens (including phenoxy) is 1. The van der Waals surface area contributed by atoms with Gasteiger partial charge >= 0.3 is 0 Å². The van der Waals surface area contributed by atoms with Gasteiger partial charge in [-0.05, 0) is 18.8 Å². The molecule has 0 aliphatic carbocycles. The molecular weight excluding hydrogens is 266 g/mol. The second-order valence-corrected chi connectivity index (χ2v) is 6.60. The van der Waals surface area contributed by atoms with Crippen molar-refractivity contribution in [2.75, 3.05) is 52.5 Å². The maximum atomic E-state index is 12.1. The molecule has 1 N–H and O–H groups in total. The number of nitrogens with zero attached hydrogens (tertiary/aromatic N) is 2. The van der Waals surface area contributed by atoms with Crippen LogP contribution in [0, 0.1) is 5.92 Å². The molecule has 5 nitrogen and oxygen atoms in total. The number of likely N-dealkylation sites (tertiary alicyclic amines) is 1. The van der Waals surface area contributed by atoms with Gasteiger partial charge in [0, 0.05) is 51.7 Å². The molecule has 2 aliphatic heterocycles. The zero-order valence-electron chi connectivity index (χ0n) is 13.6. The third-order valence-electron chi connectivity index (χ3n) is 4.48. The number of morpholine rings is 1. The van der Waals surface area contributed by atoms with E-state index in [1.807, 2.05) is 0 Å². The second-order valence-electron chi connectivity index (χ2n) is 6.60. The van der Waals surface area contributed by atoms with Gasteiger partial charge in [0.2, 0.25) is 5.91 Å². The normalized spacial score (nSPS) is 22.0. The monoisotopic (exact) mass is 297 g/mol. The lowest BCUT2D eigenvalue weighted by Crippen LogP contribution is -2.44. The van der Waals surface area contributed by atoms with E-state index in [9.17, 15) is 4.79 Å². The summed E-state index contributed by atoms with van der Waals surface area (Å²) in [5.41, 5.74) is 0. The molecule has 2 saturated heterocycles. The first-order valence-corrected chi connectivity index (χ1v) is 8.46. The highest BCUT2D eigenvalue weighted by Crippen LogP contribution is 2.19. The molecule has 5 heteroatoms. The molecule has 0 radical (unpaired) electrons. The van der Waals surface area contributed by atoms with Gasteiger partial charge in [-0.25, -0.2) is 0 Å². The Bertz CT molecular complexity index is 309. The molecular formula is C16H31N3O2. The van der Waals surface area contributed by atoms with E-state index >= 15 is 0 Å². The van der Waals surface area contributed by atoms with Gasteiger partial charge < -0.3 is 15.0 Å². The van der Waals surface area contributed by atoms with E-state index in [1.165, 1.54) is 6.54 Å². The lowest BCUT2D eigenvalue weighted by Gasteiger charge is -2.36. The van der Waals surface area contributed by atoms with Crippen LogP contribution >= 0.6 is 0 Å². The Balaban J connectivity index is 1.61. The van der Waals surface area contributed by atoms with E-state index in [2.05, 4.69) is 29.0 Å². The van der Waals surface area contributed by atoms with Crippen molar-refractivity contribution in [3.05, 3.63) is 0 Å². The average molecular weight is 297 g/mol.